The van der Waals surface area contributed by atoms with E-state index < -0.39 is 0 Å². The molecule has 0 aliphatic heterocycles. The quantitative estimate of drug-likeness (QED) is 0.725. The Hall–Kier alpha value is -0.0800. The Balaban J connectivity index is 1.61. The van der Waals surface area contributed by atoms with E-state index in [4.69, 9.17) is 4.74 Å². The summed E-state index contributed by atoms with van der Waals surface area (Å²) in [5.74, 6) is 0.871. The van der Waals surface area contributed by atoms with E-state index >= 15 is 0 Å². The van der Waals surface area contributed by atoms with Crippen molar-refractivity contribution in [2.45, 2.75) is 83.3 Å². The third kappa shape index (κ3) is 4.55. The molecule has 0 bridgehead atoms. The SMILES string of the molecule is CCNC1CCCC1CCOC1CCCCCC1. The van der Waals surface area contributed by atoms with Crippen LogP contribution in [0.5, 0.6) is 0 Å². The average Bonchev–Trinajstić information content (AvgIpc) is 2.65. The molecule has 0 aromatic rings. The van der Waals surface area contributed by atoms with Gasteiger partial charge in [0.1, 0.15) is 0 Å². The van der Waals surface area contributed by atoms with Crippen molar-refractivity contribution in [2.24, 2.45) is 5.92 Å². The van der Waals surface area contributed by atoms with Gasteiger partial charge >= 0.3 is 0 Å². The minimum absolute atomic E-state index is 0.575. The molecule has 0 radical (unpaired) electrons. The van der Waals surface area contributed by atoms with E-state index in [0.717, 1.165) is 25.1 Å². The first-order valence-corrected chi connectivity index (χ1v) is 8.25. The van der Waals surface area contributed by atoms with Crippen LogP contribution in [0.3, 0.4) is 0 Å². The zero-order valence-corrected chi connectivity index (χ0v) is 12.1. The lowest BCUT2D eigenvalue weighted by Gasteiger charge is -2.22. The predicted octanol–water partition coefficient (Wildman–Crippen LogP) is 3.89. The lowest BCUT2D eigenvalue weighted by Crippen LogP contribution is -2.32. The average molecular weight is 253 g/mol. The molecule has 2 heteroatoms. The van der Waals surface area contributed by atoms with Crippen LogP contribution in [0, 0.1) is 5.92 Å². The third-order valence-corrected chi connectivity index (χ3v) is 4.77. The van der Waals surface area contributed by atoms with Gasteiger partial charge in [0.05, 0.1) is 6.10 Å². The molecular formula is C16H31NO. The van der Waals surface area contributed by atoms with Crippen LogP contribution in [0.2, 0.25) is 0 Å². The smallest absolute Gasteiger partial charge is 0.0575 e. The summed E-state index contributed by atoms with van der Waals surface area (Å²) in [5.41, 5.74) is 0. The highest BCUT2D eigenvalue weighted by Crippen LogP contribution is 2.29. The zero-order valence-electron chi connectivity index (χ0n) is 12.1. The summed E-state index contributed by atoms with van der Waals surface area (Å²) in [7, 11) is 0. The topological polar surface area (TPSA) is 21.3 Å². The molecule has 18 heavy (non-hydrogen) atoms. The van der Waals surface area contributed by atoms with E-state index in [2.05, 4.69) is 12.2 Å². The van der Waals surface area contributed by atoms with Crippen LogP contribution in [0.4, 0.5) is 0 Å². The molecule has 2 atom stereocenters. The van der Waals surface area contributed by atoms with E-state index in [1.807, 2.05) is 0 Å². The molecule has 106 valence electrons. The van der Waals surface area contributed by atoms with Gasteiger partial charge in [0.2, 0.25) is 0 Å². The van der Waals surface area contributed by atoms with Crippen LogP contribution in [-0.4, -0.2) is 25.3 Å². The van der Waals surface area contributed by atoms with Crippen molar-refractivity contribution in [1.82, 2.24) is 5.32 Å². The minimum Gasteiger partial charge on any atom is -0.378 e. The molecule has 2 aliphatic rings. The summed E-state index contributed by atoms with van der Waals surface area (Å²) < 4.78 is 6.12. The Morgan fingerprint density at radius 2 is 1.72 bits per heavy atom. The monoisotopic (exact) mass is 253 g/mol. The summed E-state index contributed by atoms with van der Waals surface area (Å²) in [5, 5.41) is 3.64. The molecule has 0 aromatic heterocycles. The lowest BCUT2D eigenvalue weighted by molar-refractivity contribution is 0.0338. The van der Waals surface area contributed by atoms with Gasteiger partial charge in [0.15, 0.2) is 0 Å². The van der Waals surface area contributed by atoms with E-state index in [9.17, 15) is 0 Å². The van der Waals surface area contributed by atoms with Crippen molar-refractivity contribution in [3.05, 3.63) is 0 Å². The van der Waals surface area contributed by atoms with E-state index in [1.165, 1.54) is 64.2 Å². The molecule has 0 amide bonds. The maximum atomic E-state index is 6.12. The van der Waals surface area contributed by atoms with Crippen LogP contribution in [0.25, 0.3) is 0 Å². The van der Waals surface area contributed by atoms with Crippen molar-refractivity contribution in [3.8, 4) is 0 Å². The Morgan fingerprint density at radius 3 is 2.44 bits per heavy atom. The first kappa shape index (κ1) is 14.3. The molecule has 0 aromatic carbocycles. The van der Waals surface area contributed by atoms with Gasteiger partial charge in [0, 0.05) is 12.6 Å². The molecule has 0 saturated heterocycles. The van der Waals surface area contributed by atoms with Crippen molar-refractivity contribution >= 4 is 0 Å². The van der Waals surface area contributed by atoms with Crippen molar-refractivity contribution in [3.63, 3.8) is 0 Å². The fourth-order valence-electron chi connectivity index (χ4n) is 3.71. The second-order valence-corrected chi connectivity index (χ2v) is 6.13. The first-order chi connectivity index (χ1) is 8.90. The Kier molecular flexibility index (Phi) is 6.50. The molecule has 0 heterocycles. The van der Waals surface area contributed by atoms with Gasteiger partial charge in [-0.3, -0.25) is 0 Å². The molecule has 2 saturated carbocycles. The Bertz CT molecular complexity index is 211. The maximum absolute atomic E-state index is 6.12. The van der Waals surface area contributed by atoms with Crippen molar-refractivity contribution < 1.29 is 4.74 Å². The standard InChI is InChI=1S/C16H31NO/c1-2-17-16-11-7-8-14(16)12-13-18-15-9-5-3-4-6-10-15/h14-17H,2-13H2,1H3. The molecular weight excluding hydrogens is 222 g/mol. The van der Waals surface area contributed by atoms with Crippen LogP contribution in [0.15, 0.2) is 0 Å². The van der Waals surface area contributed by atoms with Crippen molar-refractivity contribution in [1.29, 1.82) is 0 Å². The molecule has 2 fully saturated rings. The molecule has 0 spiro atoms. The minimum atomic E-state index is 0.575. The predicted molar refractivity (Wildman–Crippen MR) is 76.9 cm³/mol. The molecule has 1 N–H and O–H groups in total. The highest BCUT2D eigenvalue weighted by Gasteiger charge is 2.26. The van der Waals surface area contributed by atoms with E-state index in [1.54, 1.807) is 0 Å². The summed E-state index contributed by atoms with van der Waals surface area (Å²) in [6.07, 6.45) is 14.3. The van der Waals surface area contributed by atoms with Crippen LogP contribution in [0.1, 0.15) is 71.1 Å². The van der Waals surface area contributed by atoms with Gasteiger partial charge in [-0.2, -0.15) is 0 Å². The maximum Gasteiger partial charge on any atom is 0.0575 e. The number of hydrogen-bond donors (Lipinski definition) is 1. The third-order valence-electron chi connectivity index (χ3n) is 4.77. The normalized spacial score (nSPS) is 30.5. The summed E-state index contributed by atoms with van der Waals surface area (Å²) in [4.78, 5) is 0. The fraction of sp³-hybridized carbons (Fsp3) is 1.00. The van der Waals surface area contributed by atoms with Gasteiger partial charge in [0.25, 0.3) is 0 Å². The number of hydrogen-bond acceptors (Lipinski definition) is 2. The second kappa shape index (κ2) is 8.16. The highest BCUT2D eigenvalue weighted by molar-refractivity contribution is 4.82. The van der Waals surface area contributed by atoms with Gasteiger partial charge in [-0.05, 0) is 44.6 Å². The van der Waals surface area contributed by atoms with Gasteiger partial charge < -0.3 is 10.1 Å². The fourth-order valence-corrected chi connectivity index (χ4v) is 3.71. The molecule has 2 unspecified atom stereocenters. The summed E-state index contributed by atoms with van der Waals surface area (Å²) in [6, 6.07) is 0.771. The first-order valence-electron chi connectivity index (χ1n) is 8.25. The number of rotatable bonds is 6. The van der Waals surface area contributed by atoms with Gasteiger partial charge in [-0.25, -0.2) is 0 Å². The zero-order chi connectivity index (χ0) is 12.6. The van der Waals surface area contributed by atoms with Crippen LogP contribution < -0.4 is 5.32 Å². The van der Waals surface area contributed by atoms with Gasteiger partial charge in [-0.1, -0.05) is 39.0 Å². The number of nitrogens with one attached hydrogen (secondary N) is 1. The Morgan fingerprint density at radius 1 is 0.944 bits per heavy atom. The highest BCUT2D eigenvalue weighted by atomic mass is 16.5. The number of ether oxygens (including phenoxy) is 1. The van der Waals surface area contributed by atoms with Gasteiger partial charge in [-0.15, -0.1) is 0 Å². The molecule has 2 nitrogen and oxygen atoms in total. The van der Waals surface area contributed by atoms with Crippen LogP contribution >= 0.6 is 0 Å². The second-order valence-electron chi connectivity index (χ2n) is 6.13. The largest absolute Gasteiger partial charge is 0.378 e. The van der Waals surface area contributed by atoms with E-state index in [-0.39, 0.29) is 0 Å². The van der Waals surface area contributed by atoms with E-state index in [0.29, 0.717) is 6.10 Å². The van der Waals surface area contributed by atoms with Crippen LogP contribution in [-0.2, 0) is 4.74 Å². The lowest BCUT2D eigenvalue weighted by atomic mass is 10.00. The van der Waals surface area contributed by atoms with Crippen molar-refractivity contribution in [2.75, 3.05) is 13.2 Å². The Labute approximate surface area is 113 Å². The summed E-state index contributed by atoms with van der Waals surface area (Å²) >= 11 is 0. The molecule has 2 aliphatic carbocycles. The summed E-state index contributed by atoms with van der Waals surface area (Å²) in [6.45, 7) is 4.33. The molecule has 2 rings (SSSR count).